The van der Waals surface area contributed by atoms with E-state index in [9.17, 15) is 4.39 Å². The van der Waals surface area contributed by atoms with E-state index in [4.69, 9.17) is 16.9 Å². The average Bonchev–Trinajstić information content (AvgIpc) is 2.72. The van der Waals surface area contributed by atoms with Gasteiger partial charge in [-0.15, -0.1) is 11.3 Å². The molecule has 0 atom stereocenters. The first-order chi connectivity index (χ1) is 8.17. The van der Waals surface area contributed by atoms with Crippen LogP contribution in [0.1, 0.15) is 10.4 Å². The zero-order valence-corrected chi connectivity index (χ0v) is 10.3. The summed E-state index contributed by atoms with van der Waals surface area (Å²) in [4.78, 5) is 1.05. The minimum absolute atomic E-state index is 0.303. The van der Waals surface area contributed by atoms with Gasteiger partial charge in [0, 0.05) is 17.1 Å². The van der Waals surface area contributed by atoms with E-state index >= 15 is 0 Å². The van der Waals surface area contributed by atoms with Crippen molar-refractivity contribution in [1.82, 2.24) is 0 Å². The molecule has 0 unspecified atom stereocenters. The fourth-order valence-corrected chi connectivity index (χ4v) is 2.42. The molecule has 1 heterocycles. The summed E-state index contributed by atoms with van der Waals surface area (Å²) in [5, 5.41) is 11.8. The van der Waals surface area contributed by atoms with Gasteiger partial charge in [0.15, 0.2) is 0 Å². The minimum atomic E-state index is -0.421. The topological polar surface area (TPSA) is 35.8 Å². The summed E-state index contributed by atoms with van der Waals surface area (Å²) in [5.41, 5.74) is 0.891. The highest BCUT2D eigenvalue weighted by Crippen LogP contribution is 2.22. The second kappa shape index (κ2) is 5.17. The van der Waals surface area contributed by atoms with Crippen molar-refractivity contribution in [3.05, 3.63) is 50.9 Å². The van der Waals surface area contributed by atoms with Gasteiger partial charge in [-0.1, -0.05) is 11.6 Å². The van der Waals surface area contributed by atoms with Crippen LogP contribution < -0.4 is 5.32 Å². The number of thiophene rings is 1. The number of nitriles is 1. The lowest BCUT2D eigenvalue weighted by Crippen LogP contribution is -1.98. The van der Waals surface area contributed by atoms with Crippen LogP contribution in [0, 0.1) is 17.1 Å². The summed E-state index contributed by atoms with van der Waals surface area (Å²) >= 11 is 7.27. The van der Waals surface area contributed by atoms with Crippen LogP contribution in [0.5, 0.6) is 0 Å². The molecule has 0 bridgehead atoms. The van der Waals surface area contributed by atoms with Crippen LogP contribution in [0.25, 0.3) is 0 Å². The number of benzene rings is 1. The quantitative estimate of drug-likeness (QED) is 0.911. The highest BCUT2D eigenvalue weighted by molar-refractivity contribution is 7.16. The maximum Gasteiger partial charge on any atom is 0.126 e. The summed E-state index contributed by atoms with van der Waals surface area (Å²) < 4.78 is 13.9. The number of halogens is 2. The lowest BCUT2D eigenvalue weighted by atomic mass is 10.2. The standard InChI is InChI=1S/C12H8ClFN2S/c13-12-2-1-11(17-12)7-16-10-4-8(6-15)3-9(14)5-10/h1-5,16H,7H2. The van der Waals surface area contributed by atoms with Gasteiger partial charge in [0.05, 0.1) is 16.0 Å². The second-order valence-corrected chi connectivity index (χ2v) is 5.20. The number of hydrogen-bond donors (Lipinski definition) is 1. The van der Waals surface area contributed by atoms with Gasteiger partial charge < -0.3 is 5.32 Å². The summed E-state index contributed by atoms with van der Waals surface area (Å²) in [6, 6.07) is 9.80. The fourth-order valence-electron chi connectivity index (χ4n) is 1.39. The average molecular weight is 267 g/mol. The van der Waals surface area contributed by atoms with Gasteiger partial charge in [-0.05, 0) is 30.3 Å². The van der Waals surface area contributed by atoms with E-state index in [1.54, 1.807) is 6.07 Å². The minimum Gasteiger partial charge on any atom is -0.380 e. The van der Waals surface area contributed by atoms with E-state index in [1.165, 1.54) is 23.5 Å². The van der Waals surface area contributed by atoms with Crippen molar-refractivity contribution in [3.8, 4) is 6.07 Å². The lowest BCUT2D eigenvalue weighted by molar-refractivity contribution is 0.627. The Hall–Kier alpha value is -1.57. The molecule has 0 amide bonds. The van der Waals surface area contributed by atoms with Crippen molar-refractivity contribution in [2.75, 3.05) is 5.32 Å². The Morgan fingerprint density at radius 3 is 2.82 bits per heavy atom. The number of rotatable bonds is 3. The molecule has 0 radical (unpaired) electrons. The van der Waals surface area contributed by atoms with E-state index in [2.05, 4.69) is 5.32 Å². The molecular weight excluding hydrogens is 259 g/mol. The predicted octanol–water partition coefficient (Wildman–Crippen LogP) is 4.02. The van der Waals surface area contributed by atoms with Crippen molar-refractivity contribution in [1.29, 1.82) is 5.26 Å². The smallest absolute Gasteiger partial charge is 0.126 e. The summed E-state index contributed by atoms with van der Waals surface area (Å²) in [7, 11) is 0. The highest BCUT2D eigenvalue weighted by atomic mass is 35.5. The molecule has 2 aromatic rings. The van der Waals surface area contributed by atoms with Gasteiger partial charge in [-0.2, -0.15) is 5.26 Å². The van der Waals surface area contributed by atoms with Gasteiger partial charge >= 0.3 is 0 Å². The second-order valence-electron chi connectivity index (χ2n) is 3.40. The van der Waals surface area contributed by atoms with E-state index in [0.29, 0.717) is 17.8 Å². The Bertz CT molecular complexity index is 574. The van der Waals surface area contributed by atoms with E-state index in [-0.39, 0.29) is 0 Å². The molecule has 1 N–H and O–H groups in total. The van der Waals surface area contributed by atoms with Crippen LogP contribution in [0.3, 0.4) is 0 Å². The zero-order chi connectivity index (χ0) is 12.3. The molecule has 86 valence electrons. The molecule has 0 aliphatic heterocycles. The monoisotopic (exact) mass is 266 g/mol. The number of hydrogen-bond acceptors (Lipinski definition) is 3. The van der Waals surface area contributed by atoms with E-state index in [0.717, 1.165) is 9.21 Å². The van der Waals surface area contributed by atoms with Crippen molar-refractivity contribution < 1.29 is 4.39 Å². The molecule has 0 aliphatic rings. The first-order valence-electron chi connectivity index (χ1n) is 4.86. The van der Waals surface area contributed by atoms with Crippen LogP contribution in [-0.2, 0) is 6.54 Å². The van der Waals surface area contributed by atoms with Crippen LogP contribution in [0.15, 0.2) is 30.3 Å². The van der Waals surface area contributed by atoms with Crippen LogP contribution in [0.4, 0.5) is 10.1 Å². The Balaban J connectivity index is 2.09. The van der Waals surface area contributed by atoms with Crippen molar-refractivity contribution in [3.63, 3.8) is 0 Å². The van der Waals surface area contributed by atoms with Crippen LogP contribution >= 0.6 is 22.9 Å². The Morgan fingerprint density at radius 1 is 1.35 bits per heavy atom. The number of nitrogens with zero attached hydrogens (tertiary/aromatic N) is 1. The molecular formula is C12H8ClFN2S. The van der Waals surface area contributed by atoms with Crippen molar-refractivity contribution in [2.45, 2.75) is 6.54 Å². The Morgan fingerprint density at radius 2 is 2.18 bits per heavy atom. The molecule has 1 aromatic heterocycles. The van der Waals surface area contributed by atoms with Crippen LogP contribution in [0.2, 0.25) is 4.34 Å². The normalized spacial score (nSPS) is 9.94. The SMILES string of the molecule is N#Cc1cc(F)cc(NCc2ccc(Cl)s2)c1. The number of nitrogens with one attached hydrogen (secondary N) is 1. The maximum atomic E-state index is 13.1. The first kappa shape index (κ1) is 11.9. The third kappa shape index (κ3) is 3.19. The molecule has 17 heavy (non-hydrogen) atoms. The summed E-state index contributed by atoms with van der Waals surface area (Å²) in [6.45, 7) is 0.561. The molecule has 2 nitrogen and oxygen atoms in total. The zero-order valence-electron chi connectivity index (χ0n) is 8.71. The first-order valence-corrected chi connectivity index (χ1v) is 6.05. The predicted molar refractivity (Wildman–Crippen MR) is 67.8 cm³/mol. The van der Waals surface area contributed by atoms with Gasteiger partial charge in [-0.3, -0.25) is 0 Å². The third-order valence-electron chi connectivity index (χ3n) is 2.12. The van der Waals surface area contributed by atoms with Crippen LogP contribution in [-0.4, -0.2) is 0 Å². The fraction of sp³-hybridized carbons (Fsp3) is 0.0833. The maximum absolute atomic E-state index is 13.1. The molecule has 5 heteroatoms. The Labute approximate surface area is 107 Å². The molecule has 0 saturated carbocycles. The molecule has 0 saturated heterocycles. The number of anilines is 1. The van der Waals surface area contributed by atoms with Crippen molar-refractivity contribution in [2.24, 2.45) is 0 Å². The largest absolute Gasteiger partial charge is 0.380 e. The molecule has 1 aromatic carbocycles. The summed E-state index contributed by atoms with van der Waals surface area (Å²) in [5.74, 6) is -0.421. The molecule has 2 rings (SSSR count). The highest BCUT2D eigenvalue weighted by Gasteiger charge is 2.02. The Kier molecular flexibility index (Phi) is 3.62. The molecule has 0 spiro atoms. The van der Waals surface area contributed by atoms with Gasteiger partial charge in [-0.25, -0.2) is 4.39 Å². The van der Waals surface area contributed by atoms with Crippen molar-refractivity contribution >= 4 is 28.6 Å². The van der Waals surface area contributed by atoms with E-state index < -0.39 is 5.82 Å². The van der Waals surface area contributed by atoms with E-state index in [1.807, 2.05) is 18.2 Å². The van der Waals surface area contributed by atoms with Gasteiger partial charge in [0.25, 0.3) is 0 Å². The molecule has 0 aliphatic carbocycles. The van der Waals surface area contributed by atoms with Gasteiger partial charge in [0.1, 0.15) is 5.82 Å². The lowest BCUT2D eigenvalue weighted by Gasteiger charge is -2.05. The van der Waals surface area contributed by atoms with Gasteiger partial charge in [0.2, 0.25) is 0 Å². The molecule has 0 fully saturated rings. The summed E-state index contributed by atoms with van der Waals surface area (Å²) in [6.07, 6.45) is 0. The third-order valence-corrected chi connectivity index (χ3v) is 3.35.